The number of aromatic hydroxyl groups is 2. The molecular weight excluding hydrogens is 308 g/mol. The van der Waals surface area contributed by atoms with Crippen LogP contribution in [0.15, 0.2) is 17.1 Å². The van der Waals surface area contributed by atoms with Crippen molar-refractivity contribution < 1.29 is 15.0 Å². The Hall–Kier alpha value is -2.21. The Labute approximate surface area is 130 Å². The first-order chi connectivity index (χ1) is 10.5. The van der Waals surface area contributed by atoms with Crippen molar-refractivity contribution in [2.75, 3.05) is 6.54 Å². The molecule has 7 heteroatoms. The molecule has 1 amide bonds. The van der Waals surface area contributed by atoms with Gasteiger partial charge in [-0.25, -0.2) is 0 Å². The second-order valence-corrected chi connectivity index (χ2v) is 5.70. The molecule has 0 radical (unpaired) electrons. The first-order valence-electron chi connectivity index (χ1n) is 7.03. The maximum absolute atomic E-state index is 12.6. The number of fused-ring (bicyclic) bond motifs is 1. The molecule has 0 bridgehead atoms. The highest BCUT2D eigenvalue weighted by Crippen LogP contribution is 2.42. The first-order valence-corrected chi connectivity index (χ1v) is 7.41. The highest BCUT2D eigenvalue weighted by atomic mass is 35.5. The molecule has 1 aromatic heterocycles. The summed E-state index contributed by atoms with van der Waals surface area (Å²) in [6.07, 6.45) is 3.35. The monoisotopic (exact) mass is 322 g/mol. The summed E-state index contributed by atoms with van der Waals surface area (Å²) in [6.45, 7) is 2.16. The fourth-order valence-corrected chi connectivity index (χ4v) is 2.79. The van der Waals surface area contributed by atoms with E-state index in [9.17, 15) is 19.8 Å². The average molecular weight is 323 g/mol. The molecule has 1 aliphatic carbocycles. The van der Waals surface area contributed by atoms with Crippen molar-refractivity contribution in [3.05, 3.63) is 33.1 Å². The maximum Gasteiger partial charge on any atom is 0.256 e. The van der Waals surface area contributed by atoms with Crippen LogP contribution in [0.25, 0.3) is 10.9 Å². The lowest BCUT2D eigenvalue weighted by atomic mass is 10.1. The van der Waals surface area contributed by atoms with Gasteiger partial charge in [-0.1, -0.05) is 11.6 Å². The summed E-state index contributed by atoms with van der Waals surface area (Å²) < 4.78 is 1.77. The topological polar surface area (TPSA) is 91.6 Å². The Morgan fingerprint density at radius 2 is 2.14 bits per heavy atom. The van der Waals surface area contributed by atoms with Crippen LogP contribution in [-0.4, -0.2) is 27.2 Å². The predicted octanol–water partition coefficient (Wildman–Crippen LogP) is 2.15. The number of hydrogen-bond donors (Lipinski definition) is 3. The number of nitrogens with one attached hydrogen (secondary N) is 1. The highest BCUT2D eigenvalue weighted by molar-refractivity contribution is 6.37. The summed E-state index contributed by atoms with van der Waals surface area (Å²) in [7, 11) is 0. The van der Waals surface area contributed by atoms with E-state index in [1.807, 2.05) is 0 Å². The van der Waals surface area contributed by atoms with Crippen LogP contribution < -0.4 is 10.7 Å². The minimum Gasteiger partial charge on any atom is -0.504 e. The van der Waals surface area contributed by atoms with E-state index in [0.29, 0.717) is 12.1 Å². The third-order valence-electron chi connectivity index (χ3n) is 3.74. The number of halogens is 1. The molecule has 3 rings (SSSR count). The summed E-state index contributed by atoms with van der Waals surface area (Å²) >= 11 is 6.03. The molecule has 1 fully saturated rings. The Morgan fingerprint density at radius 1 is 1.45 bits per heavy atom. The van der Waals surface area contributed by atoms with Crippen LogP contribution in [-0.2, 0) is 0 Å². The van der Waals surface area contributed by atoms with Crippen LogP contribution in [0.1, 0.15) is 36.2 Å². The summed E-state index contributed by atoms with van der Waals surface area (Å²) in [4.78, 5) is 24.7. The summed E-state index contributed by atoms with van der Waals surface area (Å²) in [6, 6.07) is 1.47. The zero-order valence-electron chi connectivity index (χ0n) is 11.9. The molecule has 0 atom stereocenters. The molecule has 0 aliphatic heterocycles. The second kappa shape index (κ2) is 5.21. The molecule has 116 valence electrons. The molecule has 0 spiro atoms. The van der Waals surface area contributed by atoms with Gasteiger partial charge in [0, 0.05) is 24.8 Å². The van der Waals surface area contributed by atoms with E-state index in [4.69, 9.17) is 11.6 Å². The third kappa shape index (κ3) is 2.20. The lowest BCUT2D eigenvalue weighted by molar-refractivity contribution is 0.0954. The molecule has 2 aromatic rings. The first kappa shape index (κ1) is 14.7. The average Bonchev–Trinajstić information content (AvgIpc) is 3.29. The Balaban J connectivity index is 2.39. The van der Waals surface area contributed by atoms with Gasteiger partial charge in [0.05, 0.1) is 15.9 Å². The van der Waals surface area contributed by atoms with Crippen LogP contribution in [0.3, 0.4) is 0 Å². The van der Waals surface area contributed by atoms with E-state index in [0.717, 1.165) is 12.8 Å². The lowest BCUT2D eigenvalue weighted by Crippen LogP contribution is -2.29. The molecule has 0 unspecified atom stereocenters. The molecule has 6 nitrogen and oxygen atoms in total. The number of amides is 1. The normalized spacial score (nSPS) is 14.3. The lowest BCUT2D eigenvalue weighted by Gasteiger charge is -2.14. The minimum absolute atomic E-state index is 0.0201. The smallest absolute Gasteiger partial charge is 0.256 e. The highest BCUT2D eigenvalue weighted by Gasteiger charge is 2.28. The summed E-state index contributed by atoms with van der Waals surface area (Å²) in [5.74, 6) is -1.42. The van der Waals surface area contributed by atoms with Crippen molar-refractivity contribution in [3.63, 3.8) is 0 Å². The Bertz CT molecular complexity index is 840. The van der Waals surface area contributed by atoms with E-state index in [1.54, 1.807) is 11.5 Å². The quantitative estimate of drug-likeness (QED) is 0.755. The van der Waals surface area contributed by atoms with Gasteiger partial charge in [0.15, 0.2) is 11.5 Å². The van der Waals surface area contributed by atoms with E-state index < -0.39 is 22.8 Å². The van der Waals surface area contributed by atoms with E-state index in [1.165, 1.54) is 12.3 Å². The zero-order chi connectivity index (χ0) is 16.0. The largest absolute Gasteiger partial charge is 0.504 e. The van der Waals surface area contributed by atoms with Gasteiger partial charge in [-0.05, 0) is 19.8 Å². The number of benzene rings is 1. The molecule has 0 saturated heterocycles. The van der Waals surface area contributed by atoms with E-state index >= 15 is 0 Å². The maximum atomic E-state index is 12.6. The van der Waals surface area contributed by atoms with Gasteiger partial charge >= 0.3 is 0 Å². The fraction of sp³-hybridized carbons (Fsp3) is 0.333. The summed E-state index contributed by atoms with van der Waals surface area (Å²) in [5.41, 5.74) is -0.160. The van der Waals surface area contributed by atoms with E-state index in [-0.39, 0.29) is 22.0 Å². The van der Waals surface area contributed by atoms with Crippen LogP contribution in [0.4, 0.5) is 0 Å². The minimum atomic E-state index is -0.557. The van der Waals surface area contributed by atoms with Crippen LogP contribution in [0, 0.1) is 0 Å². The van der Waals surface area contributed by atoms with Gasteiger partial charge in [0.1, 0.15) is 5.56 Å². The van der Waals surface area contributed by atoms with Crippen molar-refractivity contribution in [2.24, 2.45) is 0 Å². The van der Waals surface area contributed by atoms with Gasteiger partial charge in [-0.3, -0.25) is 9.59 Å². The summed E-state index contributed by atoms with van der Waals surface area (Å²) in [5, 5.41) is 21.9. The Morgan fingerprint density at radius 3 is 2.73 bits per heavy atom. The number of phenols is 2. The fourth-order valence-electron chi connectivity index (χ4n) is 2.51. The zero-order valence-corrected chi connectivity index (χ0v) is 12.6. The van der Waals surface area contributed by atoms with Crippen molar-refractivity contribution >= 4 is 28.4 Å². The molecule has 1 saturated carbocycles. The molecule has 1 aliphatic rings. The second-order valence-electron chi connectivity index (χ2n) is 5.32. The molecule has 3 N–H and O–H groups in total. The van der Waals surface area contributed by atoms with Gasteiger partial charge in [-0.15, -0.1) is 0 Å². The SMILES string of the molecule is CCNC(=O)c1cn(C2CC2)c2cc(O)c(O)c(Cl)c2c1=O. The third-order valence-corrected chi connectivity index (χ3v) is 4.11. The van der Waals surface area contributed by atoms with Gasteiger partial charge in [0.25, 0.3) is 5.91 Å². The van der Waals surface area contributed by atoms with E-state index in [2.05, 4.69) is 5.32 Å². The van der Waals surface area contributed by atoms with Crippen LogP contribution >= 0.6 is 11.6 Å². The number of hydrogen-bond acceptors (Lipinski definition) is 4. The number of carbonyl (C=O) groups is 1. The van der Waals surface area contributed by atoms with Gasteiger partial charge in [-0.2, -0.15) is 0 Å². The predicted molar refractivity (Wildman–Crippen MR) is 82.8 cm³/mol. The van der Waals surface area contributed by atoms with Crippen molar-refractivity contribution in [2.45, 2.75) is 25.8 Å². The van der Waals surface area contributed by atoms with Crippen LogP contribution in [0.2, 0.25) is 5.02 Å². The number of nitrogens with zero attached hydrogens (tertiary/aromatic N) is 1. The van der Waals surface area contributed by atoms with Crippen molar-refractivity contribution in [1.82, 2.24) is 9.88 Å². The number of rotatable bonds is 3. The standard InChI is InChI=1S/C15H15ClN2O4/c1-2-17-15(22)8-6-18(7-3-4-7)9-5-10(19)14(21)12(16)11(9)13(8)20/h5-7,19,21H,2-4H2,1H3,(H,17,22). The Kier molecular flexibility index (Phi) is 3.48. The van der Waals surface area contributed by atoms with Crippen molar-refractivity contribution in [1.29, 1.82) is 0 Å². The number of aromatic nitrogens is 1. The van der Waals surface area contributed by atoms with Gasteiger partial charge < -0.3 is 20.1 Å². The van der Waals surface area contributed by atoms with Crippen LogP contribution in [0.5, 0.6) is 11.5 Å². The number of carbonyl (C=O) groups excluding carboxylic acids is 1. The van der Waals surface area contributed by atoms with Crippen molar-refractivity contribution in [3.8, 4) is 11.5 Å². The molecule has 1 heterocycles. The molecule has 22 heavy (non-hydrogen) atoms. The molecular formula is C15H15ClN2O4. The van der Waals surface area contributed by atoms with Gasteiger partial charge in [0.2, 0.25) is 5.43 Å². The molecule has 1 aromatic carbocycles. The number of pyridine rings is 1. The number of phenolic OH excluding ortho intramolecular Hbond substituents is 2.